The van der Waals surface area contributed by atoms with Crippen molar-refractivity contribution in [3.63, 3.8) is 0 Å². The van der Waals surface area contributed by atoms with Crippen LogP contribution in [0.15, 0.2) is 158 Å². The summed E-state index contributed by atoms with van der Waals surface area (Å²) in [6.45, 7) is 0. The Balaban J connectivity index is 1.49. The summed E-state index contributed by atoms with van der Waals surface area (Å²) in [6, 6.07) is 54.4. The maximum Gasteiger partial charge on any atom is 0.166 e. The molecule has 8 aromatic rings. The molecule has 8 rings (SSSR count). The minimum Gasteiger partial charge on any atom is -0.308 e. The van der Waals surface area contributed by atoms with Crippen LogP contribution in [0.25, 0.3) is 72.8 Å². The number of aromatic nitrogens is 4. The van der Waals surface area contributed by atoms with Crippen molar-refractivity contribution in [2.75, 3.05) is 0 Å². The van der Waals surface area contributed by atoms with E-state index in [1.54, 1.807) is 0 Å². The summed E-state index contributed by atoms with van der Waals surface area (Å²) < 4.78 is 2.37. The molecule has 202 valence electrons. The Hall–Kier alpha value is -5.87. The van der Waals surface area contributed by atoms with Crippen LogP contribution in [0, 0.1) is 0 Å². The van der Waals surface area contributed by atoms with Gasteiger partial charge in [-0.25, -0.2) is 15.0 Å². The summed E-state index contributed by atoms with van der Waals surface area (Å²) in [7, 11) is 0. The molecule has 0 unspecified atom stereocenters. The third kappa shape index (κ3) is 4.37. The molecule has 0 atom stereocenters. The summed E-state index contributed by atoms with van der Waals surface area (Å²) in [5.74, 6) is 1.91. The third-order valence-electron chi connectivity index (χ3n) is 7.86. The molecule has 0 saturated carbocycles. The number of hydrogen-bond donors (Lipinski definition) is 0. The first-order valence-electron chi connectivity index (χ1n) is 14.4. The van der Waals surface area contributed by atoms with Gasteiger partial charge in [-0.15, -0.1) is 0 Å². The highest BCUT2D eigenvalue weighted by Crippen LogP contribution is 2.40. The van der Waals surface area contributed by atoms with Crippen molar-refractivity contribution in [1.82, 2.24) is 19.5 Å². The van der Waals surface area contributed by atoms with Gasteiger partial charge in [-0.1, -0.05) is 140 Å². The van der Waals surface area contributed by atoms with Gasteiger partial charge in [0.1, 0.15) is 0 Å². The fourth-order valence-electron chi connectivity index (χ4n) is 5.91. The highest BCUT2D eigenvalue weighted by molar-refractivity contribution is 6.10. The Bertz CT molecular complexity index is 2110. The molecule has 0 bridgehead atoms. The first-order valence-corrected chi connectivity index (χ1v) is 14.4. The molecule has 43 heavy (non-hydrogen) atoms. The van der Waals surface area contributed by atoms with Crippen LogP contribution in [-0.2, 0) is 0 Å². The van der Waals surface area contributed by atoms with Gasteiger partial charge in [-0.05, 0) is 23.8 Å². The lowest BCUT2D eigenvalue weighted by Gasteiger charge is -2.19. The van der Waals surface area contributed by atoms with E-state index >= 15 is 0 Å². The van der Waals surface area contributed by atoms with E-state index in [4.69, 9.17) is 15.0 Å². The molecule has 2 heterocycles. The number of fused-ring (bicyclic) bond motifs is 3. The van der Waals surface area contributed by atoms with E-state index < -0.39 is 0 Å². The van der Waals surface area contributed by atoms with E-state index in [9.17, 15) is 0 Å². The Kier molecular flexibility index (Phi) is 6.08. The number of rotatable bonds is 5. The second kappa shape index (κ2) is 10.5. The smallest absolute Gasteiger partial charge is 0.166 e. The number of hydrogen-bond acceptors (Lipinski definition) is 3. The van der Waals surface area contributed by atoms with Crippen LogP contribution >= 0.6 is 0 Å². The van der Waals surface area contributed by atoms with Crippen LogP contribution in [-0.4, -0.2) is 19.5 Å². The van der Waals surface area contributed by atoms with Gasteiger partial charge in [0.15, 0.2) is 17.5 Å². The van der Waals surface area contributed by atoms with E-state index in [1.165, 1.54) is 10.8 Å². The molecular weight excluding hydrogens is 524 g/mol. The normalized spacial score (nSPS) is 11.3. The van der Waals surface area contributed by atoms with Crippen molar-refractivity contribution in [2.45, 2.75) is 0 Å². The maximum atomic E-state index is 5.13. The van der Waals surface area contributed by atoms with Gasteiger partial charge >= 0.3 is 0 Å². The van der Waals surface area contributed by atoms with Gasteiger partial charge in [-0.3, -0.25) is 0 Å². The summed E-state index contributed by atoms with van der Waals surface area (Å²) >= 11 is 0. The first kappa shape index (κ1) is 24.9. The average Bonchev–Trinajstić information content (AvgIpc) is 3.43. The molecule has 0 fully saturated rings. The fourth-order valence-corrected chi connectivity index (χ4v) is 5.91. The van der Waals surface area contributed by atoms with E-state index in [0.29, 0.717) is 17.5 Å². The second-order valence-corrected chi connectivity index (χ2v) is 10.5. The van der Waals surface area contributed by atoms with Crippen LogP contribution in [0.3, 0.4) is 0 Å². The Morgan fingerprint density at radius 2 is 0.744 bits per heavy atom. The molecule has 0 N–H and O–H groups in total. The second-order valence-electron chi connectivity index (χ2n) is 10.5. The molecule has 0 aliphatic rings. The highest BCUT2D eigenvalue weighted by atomic mass is 15.1. The lowest BCUT2D eigenvalue weighted by Crippen LogP contribution is -2.05. The minimum absolute atomic E-state index is 0.627. The molecule has 0 saturated heterocycles. The molecule has 0 radical (unpaired) electrons. The number of para-hydroxylation sites is 3. The summed E-state index contributed by atoms with van der Waals surface area (Å²) in [4.78, 5) is 15.2. The van der Waals surface area contributed by atoms with Crippen molar-refractivity contribution >= 4 is 21.8 Å². The predicted octanol–water partition coefficient (Wildman–Crippen LogP) is 9.64. The topological polar surface area (TPSA) is 43.6 Å². The van der Waals surface area contributed by atoms with Crippen LogP contribution in [0.1, 0.15) is 0 Å². The Labute approximate surface area is 249 Å². The maximum absolute atomic E-state index is 5.13. The standard InChI is InChI=1S/C39H26N4/c1-4-15-27(16-5-1)30-23-14-24-33(36(30)43-34-25-12-10-21-31(34)32-22-11-13-26-35(32)43)39-41-37(28-17-6-2-7-18-28)40-38(42-39)29-19-8-3-9-20-29/h1-26H. The van der Waals surface area contributed by atoms with Gasteiger partial charge < -0.3 is 4.57 Å². The minimum atomic E-state index is 0.627. The number of nitrogens with zero attached hydrogens (tertiary/aromatic N) is 4. The van der Waals surface area contributed by atoms with Gasteiger partial charge in [0, 0.05) is 33.0 Å². The number of benzene rings is 6. The molecule has 0 aliphatic heterocycles. The van der Waals surface area contributed by atoms with E-state index in [-0.39, 0.29) is 0 Å². The van der Waals surface area contributed by atoms with Crippen LogP contribution in [0.4, 0.5) is 0 Å². The van der Waals surface area contributed by atoms with Gasteiger partial charge in [0.05, 0.1) is 16.7 Å². The van der Waals surface area contributed by atoms with Crippen molar-refractivity contribution in [2.24, 2.45) is 0 Å². The Morgan fingerprint density at radius 1 is 0.326 bits per heavy atom. The lowest BCUT2D eigenvalue weighted by atomic mass is 9.98. The fraction of sp³-hybridized carbons (Fsp3) is 0. The monoisotopic (exact) mass is 550 g/mol. The molecule has 0 amide bonds. The third-order valence-corrected chi connectivity index (χ3v) is 7.86. The zero-order chi connectivity index (χ0) is 28.6. The molecule has 4 heteroatoms. The van der Waals surface area contributed by atoms with Gasteiger partial charge in [0.25, 0.3) is 0 Å². The highest BCUT2D eigenvalue weighted by Gasteiger charge is 2.22. The van der Waals surface area contributed by atoms with Crippen molar-refractivity contribution in [3.8, 4) is 51.0 Å². The van der Waals surface area contributed by atoms with E-state index in [0.717, 1.165) is 44.5 Å². The lowest BCUT2D eigenvalue weighted by molar-refractivity contribution is 1.06. The van der Waals surface area contributed by atoms with Crippen LogP contribution in [0.2, 0.25) is 0 Å². The van der Waals surface area contributed by atoms with Gasteiger partial charge in [-0.2, -0.15) is 0 Å². The van der Waals surface area contributed by atoms with E-state index in [1.807, 2.05) is 60.7 Å². The molecule has 2 aromatic heterocycles. The zero-order valence-corrected chi connectivity index (χ0v) is 23.3. The quantitative estimate of drug-likeness (QED) is 0.214. The molecular formula is C39H26N4. The Morgan fingerprint density at radius 3 is 1.28 bits per heavy atom. The summed E-state index contributed by atoms with van der Waals surface area (Å²) in [6.07, 6.45) is 0. The first-order chi connectivity index (χ1) is 21.3. The van der Waals surface area contributed by atoms with E-state index in [2.05, 4.69) is 102 Å². The largest absolute Gasteiger partial charge is 0.308 e. The molecule has 0 spiro atoms. The van der Waals surface area contributed by atoms with Crippen LogP contribution in [0.5, 0.6) is 0 Å². The summed E-state index contributed by atoms with van der Waals surface area (Å²) in [5.41, 5.74) is 8.36. The molecule has 4 nitrogen and oxygen atoms in total. The summed E-state index contributed by atoms with van der Waals surface area (Å²) in [5, 5.41) is 2.41. The van der Waals surface area contributed by atoms with Crippen molar-refractivity contribution in [3.05, 3.63) is 158 Å². The van der Waals surface area contributed by atoms with Crippen molar-refractivity contribution in [1.29, 1.82) is 0 Å². The molecule has 0 aliphatic carbocycles. The van der Waals surface area contributed by atoms with Gasteiger partial charge in [0.2, 0.25) is 0 Å². The SMILES string of the molecule is c1ccc(-c2nc(-c3ccccc3)nc(-c3cccc(-c4ccccc4)c3-n3c4ccccc4c4ccccc43)n2)cc1. The molecule has 6 aromatic carbocycles. The predicted molar refractivity (Wildman–Crippen MR) is 176 cm³/mol. The van der Waals surface area contributed by atoms with Crippen molar-refractivity contribution < 1.29 is 0 Å². The van der Waals surface area contributed by atoms with Crippen LogP contribution < -0.4 is 0 Å². The average molecular weight is 551 g/mol. The zero-order valence-electron chi connectivity index (χ0n) is 23.3.